The quantitative estimate of drug-likeness (QED) is 0.871. The number of hydrogen-bond acceptors (Lipinski definition) is 5. The summed E-state index contributed by atoms with van der Waals surface area (Å²) in [5.41, 5.74) is 1.09. The van der Waals surface area contributed by atoms with Crippen LogP contribution in [-0.4, -0.2) is 18.1 Å². The van der Waals surface area contributed by atoms with Crippen LogP contribution < -0.4 is 10.1 Å². The predicted molar refractivity (Wildman–Crippen MR) is 76.6 cm³/mol. The molecule has 5 heteroatoms. The molecule has 0 bridgehead atoms. The van der Waals surface area contributed by atoms with Crippen molar-refractivity contribution in [1.82, 2.24) is 4.98 Å². The molecular formula is C15H17N3O2. The molecule has 0 aliphatic carbocycles. The van der Waals surface area contributed by atoms with Crippen LogP contribution in [0.3, 0.4) is 0 Å². The van der Waals surface area contributed by atoms with Gasteiger partial charge in [0.05, 0.1) is 6.61 Å². The lowest BCUT2D eigenvalue weighted by Gasteiger charge is -2.04. The Balaban J connectivity index is 2.21. The van der Waals surface area contributed by atoms with E-state index in [1.54, 1.807) is 0 Å². The smallest absolute Gasteiger partial charge is 0.232 e. The van der Waals surface area contributed by atoms with Crippen molar-refractivity contribution in [3.8, 4) is 23.3 Å². The first-order chi connectivity index (χ1) is 9.78. The third-order valence-corrected chi connectivity index (χ3v) is 2.64. The zero-order valence-corrected chi connectivity index (χ0v) is 11.6. The number of benzene rings is 1. The number of ether oxygens (including phenoxy) is 1. The van der Waals surface area contributed by atoms with Gasteiger partial charge in [0.25, 0.3) is 0 Å². The molecule has 1 aromatic carbocycles. The third kappa shape index (κ3) is 3.09. The van der Waals surface area contributed by atoms with E-state index in [1.165, 1.54) is 0 Å². The molecule has 0 fully saturated rings. The summed E-state index contributed by atoms with van der Waals surface area (Å²) >= 11 is 0. The van der Waals surface area contributed by atoms with Crippen LogP contribution >= 0.6 is 0 Å². The van der Waals surface area contributed by atoms with Crippen LogP contribution in [0.15, 0.2) is 28.7 Å². The topological polar surface area (TPSA) is 71.1 Å². The molecule has 2 rings (SSSR count). The Morgan fingerprint density at radius 1 is 1.30 bits per heavy atom. The molecule has 0 saturated heterocycles. The summed E-state index contributed by atoms with van der Waals surface area (Å²) < 4.78 is 11.1. The largest absolute Gasteiger partial charge is 0.494 e. The summed E-state index contributed by atoms with van der Waals surface area (Å²) in [6.07, 6.45) is 0.971. The Kier molecular flexibility index (Phi) is 4.61. The van der Waals surface area contributed by atoms with Crippen molar-refractivity contribution in [3.05, 3.63) is 30.0 Å². The minimum atomic E-state index is 0.271. The Labute approximate surface area is 118 Å². The Bertz CT molecular complexity index is 597. The van der Waals surface area contributed by atoms with E-state index in [0.717, 1.165) is 17.7 Å². The van der Waals surface area contributed by atoms with Gasteiger partial charge in [-0.2, -0.15) is 10.2 Å². The Morgan fingerprint density at radius 3 is 2.65 bits per heavy atom. The van der Waals surface area contributed by atoms with Crippen molar-refractivity contribution in [2.45, 2.75) is 20.3 Å². The third-order valence-electron chi connectivity index (χ3n) is 2.64. The molecule has 1 N–H and O–H groups in total. The van der Waals surface area contributed by atoms with Gasteiger partial charge in [0.2, 0.25) is 17.5 Å². The minimum absolute atomic E-state index is 0.271. The summed E-state index contributed by atoms with van der Waals surface area (Å²) in [7, 11) is 0. The Hall–Kier alpha value is -2.48. The van der Waals surface area contributed by atoms with Gasteiger partial charge in [-0.25, -0.2) is 0 Å². The molecule has 20 heavy (non-hydrogen) atoms. The maximum absolute atomic E-state index is 9.01. The molecule has 0 amide bonds. The minimum Gasteiger partial charge on any atom is -0.494 e. The SMILES string of the molecule is CCCOc1ccc(-c2nc(C#N)c(NCC)o2)cc1. The first-order valence-corrected chi connectivity index (χ1v) is 6.66. The fourth-order valence-corrected chi connectivity index (χ4v) is 1.71. The van der Waals surface area contributed by atoms with E-state index in [0.29, 0.717) is 24.9 Å². The highest BCUT2D eigenvalue weighted by molar-refractivity contribution is 5.59. The number of nitrogens with zero attached hydrogens (tertiary/aromatic N) is 2. The lowest BCUT2D eigenvalue weighted by Crippen LogP contribution is -1.96. The maximum Gasteiger partial charge on any atom is 0.232 e. The van der Waals surface area contributed by atoms with Crippen molar-refractivity contribution in [2.75, 3.05) is 18.5 Å². The zero-order valence-electron chi connectivity index (χ0n) is 11.6. The number of oxazole rings is 1. The highest BCUT2D eigenvalue weighted by Gasteiger charge is 2.13. The fourth-order valence-electron chi connectivity index (χ4n) is 1.71. The average Bonchev–Trinajstić information content (AvgIpc) is 2.89. The van der Waals surface area contributed by atoms with Crippen LogP contribution in [0.2, 0.25) is 0 Å². The van der Waals surface area contributed by atoms with Gasteiger partial charge in [0.1, 0.15) is 11.8 Å². The van der Waals surface area contributed by atoms with Gasteiger partial charge in [-0.1, -0.05) is 6.92 Å². The number of nitrogens with one attached hydrogen (secondary N) is 1. The molecule has 1 heterocycles. The van der Waals surface area contributed by atoms with Gasteiger partial charge in [-0.05, 0) is 37.6 Å². The van der Waals surface area contributed by atoms with Crippen LogP contribution in [0, 0.1) is 11.3 Å². The van der Waals surface area contributed by atoms with Crippen molar-refractivity contribution >= 4 is 5.88 Å². The number of anilines is 1. The summed E-state index contributed by atoms with van der Waals surface area (Å²) in [5.74, 6) is 1.66. The molecule has 0 saturated carbocycles. The molecule has 2 aromatic rings. The van der Waals surface area contributed by atoms with Crippen LogP contribution in [0.1, 0.15) is 26.0 Å². The predicted octanol–water partition coefficient (Wildman–Crippen LogP) is 3.43. The molecule has 0 spiro atoms. The van der Waals surface area contributed by atoms with Crippen LogP contribution in [-0.2, 0) is 0 Å². The van der Waals surface area contributed by atoms with Gasteiger partial charge in [-0.3, -0.25) is 0 Å². The first-order valence-electron chi connectivity index (χ1n) is 6.66. The van der Waals surface area contributed by atoms with Crippen LogP contribution in [0.5, 0.6) is 5.75 Å². The van der Waals surface area contributed by atoms with E-state index in [-0.39, 0.29) is 5.69 Å². The van der Waals surface area contributed by atoms with Crippen LogP contribution in [0.25, 0.3) is 11.5 Å². The number of aromatic nitrogens is 1. The van der Waals surface area contributed by atoms with E-state index in [9.17, 15) is 0 Å². The zero-order chi connectivity index (χ0) is 14.4. The highest BCUT2D eigenvalue weighted by Crippen LogP contribution is 2.26. The maximum atomic E-state index is 9.01. The molecule has 0 aliphatic rings. The second-order valence-electron chi connectivity index (χ2n) is 4.21. The molecule has 0 radical (unpaired) electrons. The standard InChI is InChI=1S/C15H17N3O2/c1-3-9-19-12-7-5-11(6-8-12)14-18-13(10-16)15(20-14)17-4-2/h5-8,17H,3-4,9H2,1-2H3. The number of nitriles is 1. The second kappa shape index (κ2) is 6.62. The van der Waals surface area contributed by atoms with Gasteiger partial charge in [0, 0.05) is 12.1 Å². The fraction of sp³-hybridized carbons (Fsp3) is 0.333. The normalized spacial score (nSPS) is 10.1. The van der Waals surface area contributed by atoms with E-state index in [1.807, 2.05) is 37.3 Å². The van der Waals surface area contributed by atoms with Crippen molar-refractivity contribution < 1.29 is 9.15 Å². The molecule has 1 aromatic heterocycles. The van der Waals surface area contributed by atoms with Gasteiger partial charge >= 0.3 is 0 Å². The van der Waals surface area contributed by atoms with Gasteiger partial charge in [0.15, 0.2) is 0 Å². The summed E-state index contributed by atoms with van der Waals surface area (Å²) in [4.78, 5) is 4.18. The summed E-state index contributed by atoms with van der Waals surface area (Å²) in [6.45, 7) is 5.37. The lowest BCUT2D eigenvalue weighted by molar-refractivity contribution is 0.317. The molecule has 0 unspecified atom stereocenters. The van der Waals surface area contributed by atoms with Gasteiger partial charge in [-0.15, -0.1) is 0 Å². The van der Waals surface area contributed by atoms with E-state index < -0.39 is 0 Å². The van der Waals surface area contributed by atoms with Crippen molar-refractivity contribution in [1.29, 1.82) is 5.26 Å². The molecule has 104 valence electrons. The highest BCUT2D eigenvalue weighted by atomic mass is 16.5. The number of rotatable bonds is 6. The van der Waals surface area contributed by atoms with E-state index in [4.69, 9.17) is 14.4 Å². The molecule has 0 atom stereocenters. The summed E-state index contributed by atoms with van der Waals surface area (Å²) in [5, 5.41) is 12.0. The van der Waals surface area contributed by atoms with Crippen molar-refractivity contribution in [3.63, 3.8) is 0 Å². The molecular weight excluding hydrogens is 254 g/mol. The van der Waals surface area contributed by atoms with Crippen LogP contribution in [0.4, 0.5) is 5.88 Å². The summed E-state index contributed by atoms with van der Waals surface area (Å²) in [6, 6.07) is 9.49. The Morgan fingerprint density at radius 2 is 2.05 bits per heavy atom. The van der Waals surface area contributed by atoms with Crippen molar-refractivity contribution in [2.24, 2.45) is 0 Å². The average molecular weight is 271 g/mol. The van der Waals surface area contributed by atoms with Gasteiger partial charge < -0.3 is 14.5 Å². The monoisotopic (exact) mass is 271 g/mol. The first kappa shape index (κ1) is 13.9. The second-order valence-corrected chi connectivity index (χ2v) is 4.21. The van der Waals surface area contributed by atoms with E-state index >= 15 is 0 Å². The molecule has 0 aliphatic heterocycles. The number of hydrogen-bond donors (Lipinski definition) is 1. The lowest BCUT2D eigenvalue weighted by atomic mass is 10.2. The molecule has 5 nitrogen and oxygen atoms in total. The van der Waals surface area contributed by atoms with E-state index in [2.05, 4.69) is 17.2 Å².